The van der Waals surface area contributed by atoms with E-state index in [2.05, 4.69) is 30.5 Å². The van der Waals surface area contributed by atoms with Crippen LogP contribution >= 0.6 is 0 Å². The van der Waals surface area contributed by atoms with E-state index >= 15 is 0 Å². The van der Waals surface area contributed by atoms with Crippen LogP contribution in [0.25, 0.3) is 39.3 Å². The van der Waals surface area contributed by atoms with E-state index in [1.165, 1.54) is 23.5 Å². The number of aromatic amines is 1. The third-order valence-corrected chi connectivity index (χ3v) is 5.39. The zero-order chi connectivity index (χ0) is 23.2. The molecule has 0 bridgehead atoms. The van der Waals surface area contributed by atoms with Gasteiger partial charge in [-0.2, -0.15) is 5.10 Å². The molecule has 0 aliphatic heterocycles. The monoisotopic (exact) mass is 453 g/mol. The van der Waals surface area contributed by atoms with Gasteiger partial charge in [0.15, 0.2) is 11.4 Å². The molecule has 0 aliphatic rings. The standard InChI is InChI=1S/C23H15N7O4/c1-12-19-13(9-16(18-7-4-8-33-18)28-23(19)34-29-12)22(32)27-15-5-2-3-6-17(15)30-20-14(10-26-30)21(31)25-11-24-20/h2-11H,1H3,(H,27,32)(H,24,25,31). The number of anilines is 1. The van der Waals surface area contributed by atoms with Gasteiger partial charge in [0.1, 0.15) is 11.1 Å². The number of carbonyl (C=O) groups excluding carboxylic acids is 1. The van der Waals surface area contributed by atoms with E-state index in [-0.39, 0.29) is 11.3 Å². The van der Waals surface area contributed by atoms with Crippen LogP contribution in [0.15, 0.2) is 75.0 Å². The molecule has 1 aromatic carbocycles. The number of fused-ring (bicyclic) bond motifs is 2. The number of aromatic nitrogens is 6. The number of H-pyrrole nitrogens is 1. The molecule has 5 heterocycles. The van der Waals surface area contributed by atoms with Crippen LogP contribution in [0.1, 0.15) is 16.1 Å². The number of rotatable bonds is 4. The van der Waals surface area contributed by atoms with E-state index in [1.807, 2.05) is 0 Å². The lowest BCUT2D eigenvalue weighted by Crippen LogP contribution is -2.15. The number of benzene rings is 1. The Balaban J connectivity index is 1.46. The summed E-state index contributed by atoms with van der Waals surface area (Å²) in [5.41, 5.74) is 2.61. The molecule has 0 atom stereocenters. The molecule has 2 N–H and O–H groups in total. The topological polar surface area (TPSA) is 145 Å². The first-order chi connectivity index (χ1) is 16.6. The molecule has 11 nitrogen and oxygen atoms in total. The fraction of sp³-hybridized carbons (Fsp3) is 0.0435. The summed E-state index contributed by atoms with van der Waals surface area (Å²) in [5, 5.41) is 12.0. The second-order valence-corrected chi connectivity index (χ2v) is 7.48. The Morgan fingerprint density at radius 1 is 1.18 bits per heavy atom. The maximum absolute atomic E-state index is 13.5. The highest BCUT2D eigenvalue weighted by molar-refractivity contribution is 6.13. The van der Waals surface area contributed by atoms with Crippen molar-refractivity contribution >= 4 is 33.7 Å². The average Bonchev–Trinajstić information content (AvgIpc) is 3.60. The highest BCUT2D eigenvalue weighted by Crippen LogP contribution is 2.29. The van der Waals surface area contributed by atoms with Crippen LogP contribution in [0.5, 0.6) is 0 Å². The molecular formula is C23H15N7O4. The number of nitrogens with one attached hydrogen (secondary N) is 2. The van der Waals surface area contributed by atoms with E-state index in [0.29, 0.717) is 50.5 Å². The molecule has 34 heavy (non-hydrogen) atoms. The molecule has 0 saturated carbocycles. The average molecular weight is 453 g/mol. The van der Waals surface area contributed by atoms with Gasteiger partial charge in [-0.1, -0.05) is 17.3 Å². The molecular weight excluding hydrogens is 438 g/mol. The van der Waals surface area contributed by atoms with Crippen molar-refractivity contribution in [2.75, 3.05) is 5.32 Å². The van der Waals surface area contributed by atoms with E-state index < -0.39 is 5.91 Å². The van der Waals surface area contributed by atoms with Gasteiger partial charge in [0, 0.05) is 0 Å². The summed E-state index contributed by atoms with van der Waals surface area (Å²) >= 11 is 0. The first kappa shape index (κ1) is 19.6. The highest BCUT2D eigenvalue weighted by atomic mass is 16.5. The fourth-order valence-corrected chi connectivity index (χ4v) is 3.81. The number of nitrogens with zero attached hydrogens (tertiary/aromatic N) is 5. The summed E-state index contributed by atoms with van der Waals surface area (Å²) in [6.45, 7) is 1.74. The van der Waals surface area contributed by atoms with Crippen LogP contribution in [0.4, 0.5) is 5.69 Å². The normalized spacial score (nSPS) is 11.3. The first-order valence-corrected chi connectivity index (χ1v) is 10.2. The van der Waals surface area contributed by atoms with Gasteiger partial charge in [-0.25, -0.2) is 14.6 Å². The minimum Gasteiger partial charge on any atom is -0.463 e. The van der Waals surface area contributed by atoms with E-state index in [9.17, 15) is 9.59 Å². The molecule has 0 fully saturated rings. The summed E-state index contributed by atoms with van der Waals surface area (Å²) < 4.78 is 12.3. The summed E-state index contributed by atoms with van der Waals surface area (Å²) in [6.07, 6.45) is 4.27. The quantitative estimate of drug-likeness (QED) is 0.413. The van der Waals surface area contributed by atoms with Crippen molar-refractivity contribution in [2.24, 2.45) is 0 Å². The molecule has 1 amide bonds. The number of amides is 1. The summed E-state index contributed by atoms with van der Waals surface area (Å²) in [5.74, 6) is 0.0888. The zero-order valence-corrected chi connectivity index (χ0v) is 17.6. The minimum atomic E-state index is -0.402. The molecule has 0 aliphatic carbocycles. The summed E-state index contributed by atoms with van der Waals surface area (Å²) in [7, 11) is 0. The van der Waals surface area contributed by atoms with Crippen LogP contribution < -0.4 is 10.9 Å². The van der Waals surface area contributed by atoms with Crippen molar-refractivity contribution < 1.29 is 13.7 Å². The smallest absolute Gasteiger partial charge is 0.261 e. The molecule has 11 heteroatoms. The van der Waals surface area contributed by atoms with Gasteiger partial charge in [0.2, 0.25) is 0 Å². The van der Waals surface area contributed by atoms with Crippen molar-refractivity contribution in [3.05, 3.63) is 82.9 Å². The highest BCUT2D eigenvalue weighted by Gasteiger charge is 2.21. The fourth-order valence-electron chi connectivity index (χ4n) is 3.81. The van der Waals surface area contributed by atoms with Gasteiger partial charge in [0.25, 0.3) is 17.2 Å². The second-order valence-electron chi connectivity index (χ2n) is 7.48. The lowest BCUT2D eigenvalue weighted by molar-refractivity contribution is 0.102. The molecule has 6 rings (SSSR count). The van der Waals surface area contributed by atoms with Crippen molar-refractivity contribution in [3.63, 3.8) is 0 Å². The van der Waals surface area contributed by atoms with Crippen LogP contribution in [-0.4, -0.2) is 35.8 Å². The number of pyridine rings is 1. The number of hydrogen-bond acceptors (Lipinski definition) is 8. The number of para-hydroxylation sites is 2. The Kier molecular flexibility index (Phi) is 4.34. The van der Waals surface area contributed by atoms with Gasteiger partial charge < -0.3 is 19.2 Å². The van der Waals surface area contributed by atoms with Gasteiger partial charge in [-0.15, -0.1) is 0 Å². The van der Waals surface area contributed by atoms with Gasteiger partial charge in [0.05, 0.1) is 46.8 Å². The Morgan fingerprint density at radius 2 is 2.06 bits per heavy atom. The lowest BCUT2D eigenvalue weighted by atomic mass is 10.1. The third-order valence-electron chi connectivity index (χ3n) is 5.39. The number of carbonyl (C=O) groups is 1. The maximum atomic E-state index is 13.5. The van der Waals surface area contributed by atoms with Crippen molar-refractivity contribution in [2.45, 2.75) is 6.92 Å². The predicted octanol–water partition coefficient (Wildman–Crippen LogP) is 3.47. The van der Waals surface area contributed by atoms with Gasteiger partial charge >= 0.3 is 0 Å². The Hall–Kier alpha value is -5.06. The molecule has 0 spiro atoms. The van der Waals surface area contributed by atoms with Gasteiger partial charge in [-0.05, 0) is 37.3 Å². The van der Waals surface area contributed by atoms with Crippen LogP contribution in [0.2, 0.25) is 0 Å². The number of furan rings is 1. The number of aryl methyl sites for hydroxylation is 1. The van der Waals surface area contributed by atoms with Crippen LogP contribution in [0.3, 0.4) is 0 Å². The summed E-state index contributed by atoms with van der Waals surface area (Å²) in [4.78, 5) is 36.8. The van der Waals surface area contributed by atoms with Crippen molar-refractivity contribution in [1.29, 1.82) is 0 Å². The Labute approximate surface area is 190 Å². The molecule has 166 valence electrons. The SMILES string of the molecule is Cc1noc2nc(-c3ccco3)cc(C(=O)Nc3ccccc3-n3ncc4c(=O)[nH]cnc43)c12. The predicted molar refractivity (Wildman–Crippen MR) is 122 cm³/mol. The minimum absolute atomic E-state index is 0.228. The number of hydrogen-bond donors (Lipinski definition) is 2. The molecule has 0 saturated heterocycles. The lowest BCUT2D eigenvalue weighted by Gasteiger charge is -2.12. The third kappa shape index (κ3) is 3.06. The first-order valence-electron chi connectivity index (χ1n) is 10.2. The Bertz CT molecular complexity index is 1740. The van der Waals surface area contributed by atoms with E-state index in [4.69, 9.17) is 8.94 Å². The van der Waals surface area contributed by atoms with Gasteiger partial charge in [-0.3, -0.25) is 9.59 Å². The summed E-state index contributed by atoms with van der Waals surface area (Å²) in [6, 6.07) is 12.2. The van der Waals surface area contributed by atoms with E-state index in [0.717, 1.165) is 0 Å². The molecule has 0 radical (unpaired) electrons. The van der Waals surface area contributed by atoms with Crippen LogP contribution in [0, 0.1) is 6.92 Å². The second kappa shape index (κ2) is 7.52. The van der Waals surface area contributed by atoms with Crippen molar-refractivity contribution in [3.8, 4) is 17.1 Å². The molecule has 6 aromatic rings. The maximum Gasteiger partial charge on any atom is 0.261 e. The van der Waals surface area contributed by atoms with Crippen LogP contribution in [-0.2, 0) is 0 Å². The molecule has 5 aromatic heterocycles. The largest absolute Gasteiger partial charge is 0.463 e. The van der Waals surface area contributed by atoms with Crippen molar-refractivity contribution in [1.82, 2.24) is 29.9 Å². The Morgan fingerprint density at radius 3 is 2.91 bits per heavy atom. The van der Waals surface area contributed by atoms with E-state index in [1.54, 1.807) is 49.4 Å². The molecule has 0 unspecified atom stereocenters. The zero-order valence-electron chi connectivity index (χ0n) is 17.6.